The van der Waals surface area contributed by atoms with Crippen LogP contribution in [0, 0.1) is 5.92 Å². The Kier molecular flexibility index (Phi) is 9.30. The van der Waals surface area contributed by atoms with Gasteiger partial charge in [-0.25, -0.2) is 9.78 Å². The van der Waals surface area contributed by atoms with Gasteiger partial charge in [0.25, 0.3) is 5.91 Å². The van der Waals surface area contributed by atoms with Crippen LogP contribution in [0.1, 0.15) is 49.0 Å². The third kappa shape index (κ3) is 8.77. The summed E-state index contributed by atoms with van der Waals surface area (Å²) < 4.78 is 93.5. The SMILES string of the molecule is CC(C)(C)OC(=O)N1CCC(/C=C/Cc2ccc(NC(=O)c3nc(-c4ccccc4OC(F)(F)F)oc3C(F)(F)F)cc2)C1. The number of likely N-dealkylation sites (tertiary alicyclic amines) is 1. The van der Waals surface area contributed by atoms with Crippen molar-refractivity contribution in [2.75, 3.05) is 18.4 Å². The first-order valence-electron chi connectivity index (χ1n) is 13.5. The highest BCUT2D eigenvalue weighted by molar-refractivity contribution is 6.04. The lowest BCUT2D eigenvalue weighted by atomic mass is 10.1. The van der Waals surface area contributed by atoms with Gasteiger partial charge in [-0.3, -0.25) is 4.79 Å². The van der Waals surface area contributed by atoms with E-state index in [9.17, 15) is 35.9 Å². The van der Waals surface area contributed by atoms with Crippen LogP contribution in [-0.4, -0.2) is 46.9 Å². The van der Waals surface area contributed by atoms with Crippen molar-refractivity contribution in [1.82, 2.24) is 9.88 Å². The standard InChI is InChI=1S/C30H29F6N3O5/c1-28(2,3)44-27(41)39-16-15-19(17-39)8-6-7-18-11-13-20(14-12-18)37-25(40)23-24(29(31,32)33)42-26(38-23)21-9-4-5-10-22(21)43-30(34,35)36/h4-6,8-14,19H,7,15-17H2,1-3H3,(H,37,40)/b8-6+. The lowest BCUT2D eigenvalue weighted by Gasteiger charge is -2.24. The number of oxazole rings is 1. The van der Waals surface area contributed by atoms with Crippen LogP contribution < -0.4 is 10.1 Å². The fourth-order valence-corrected chi connectivity index (χ4v) is 4.39. The summed E-state index contributed by atoms with van der Waals surface area (Å²) in [7, 11) is 0. The number of amides is 2. The van der Waals surface area contributed by atoms with E-state index in [4.69, 9.17) is 9.15 Å². The van der Waals surface area contributed by atoms with E-state index in [1.165, 1.54) is 24.3 Å². The van der Waals surface area contributed by atoms with Gasteiger partial charge in [0.1, 0.15) is 11.4 Å². The van der Waals surface area contributed by atoms with Crippen LogP contribution >= 0.6 is 0 Å². The van der Waals surface area contributed by atoms with Crippen LogP contribution in [0.5, 0.6) is 5.75 Å². The number of nitrogens with one attached hydrogen (secondary N) is 1. The smallest absolute Gasteiger partial charge is 0.444 e. The average molecular weight is 626 g/mol. The summed E-state index contributed by atoms with van der Waals surface area (Å²) in [5.41, 5.74) is -1.25. The molecule has 0 radical (unpaired) electrons. The van der Waals surface area contributed by atoms with Crippen LogP contribution in [0.4, 0.5) is 36.8 Å². The van der Waals surface area contributed by atoms with Gasteiger partial charge < -0.3 is 24.1 Å². The van der Waals surface area contributed by atoms with Gasteiger partial charge >= 0.3 is 18.6 Å². The van der Waals surface area contributed by atoms with E-state index in [1.807, 2.05) is 12.2 Å². The summed E-state index contributed by atoms with van der Waals surface area (Å²) in [5, 5.41) is 2.31. The Bertz CT molecular complexity index is 1510. The Morgan fingerprint density at radius 2 is 1.73 bits per heavy atom. The minimum absolute atomic E-state index is 0.157. The molecule has 0 aliphatic carbocycles. The van der Waals surface area contributed by atoms with Crippen molar-refractivity contribution >= 4 is 17.7 Å². The molecule has 2 amide bonds. The molecule has 1 aromatic heterocycles. The molecule has 1 unspecified atom stereocenters. The Labute approximate surface area is 248 Å². The van der Waals surface area contributed by atoms with Crippen molar-refractivity contribution in [2.24, 2.45) is 5.92 Å². The van der Waals surface area contributed by atoms with E-state index in [1.54, 1.807) is 37.8 Å². The number of halogens is 6. The molecule has 1 aliphatic heterocycles. The summed E-state index contributed by atoms with van der Waals surface area (Å²) in [4.78, 5) is 30.3. The zero-order valence-corrected chi connectivity index (χ0v) is 23.9. The van der Waals surface area contributed by atoms with E-state index in [2.05, 4.69) is 15.0 Å². The number of carbonyl (C=O) groups is 2. The van der Waals surface area contributed by atoms with E-state index in [0.29, 0.717) is 19.5 Å². The van der Waals surface area contributed by atoms with Gasteiger partial charge in [0, 0.05) is 18.8 Å². The topological polar surface area (TPSA) is 93.9 Å². The third-order valence-electron chi connectivity index (χ3n) is 6.29. The molecule has 8 nitrogen and oxygen atoms in total. The number of hydrogen-bond donors (Lipinski definition) is 1. The fourth-order valence-electron chi connectivity index (χ4n) is 4.39. The number of anilines is 1. The second-order valence-electron chi connectivity index (χ2n) is 11.0. The molecule has 0 saturated carbocycles. The molecule has 44 heavy (non-hydrogen) atoms. The monoisotopic (exact) mass is 625 g/mol. The maximum absolute atomic E-state index is 13.7. The molecule has 2 aromatic carbocycles. The molecule has 2 heterocycles. The molecule has 0 bridgehead atoms. The van der Waals surface area contributed by atoms with Crippen molar-refractivity contribution in [1.29, 1.82) is 0 Å². The quantitative estimate of drug-likeness (QED) is 0.212. The molecule has 14 heteroatoms. The molecule has 1 atom stereocenters. The first-order chi connectivity index (χ1) is 20.5. The molecule has 1 saturated heterocycles. The number of benzene rings is 2. The number of nitrogens with zero attached hydrogens (tertiary/aromatic N) is 2. The zero-order valence-electron chi connectivity index (χ0n) is 23.9. The highest BCUT2D eigenvalue weighted by Gasteiger charge is 2.42. The molecular weight excluding hydrogens is 596 g/mol. The maximum Gasteiger partial charge on any atom is 0.573 e. The molecule has 1 aliphatic rings. The van der Waals surface area contributed by atoms with Gasteiger partial charge in [0.05, 0.1) is 5.56 Å². The van der Waals surface area contributed by atoms with Crippen molar-refractivity contribution in [2.45, 2.75) is 51.8 Å². The number of rotatable bonds is 7. The van der Waals surface area contributed by atoms with E-state index in [-0.39, 0.29) is 17.7 Å². The average Bonchev–Trinajstić information content (AvgIpc) is 3.56. The summed E-state index contributed by atoms with van der Waals surface area (Å²) in [5.74, 6) is -4.60. The number of carbonyl (C=O) groups excluding carboxylic acids is 2. The Hall–Kier alpha value is -4.49. The highest BCUT2D eigenvalue weighted by atomic mass is 19.4. The van der Waals surface area contributed by atoms with Crippen LogP contribution in [-0.2, 0) is 17.3 Å². The lowest BCUT2D eigenvalue weighted by Crippen LogP contribution is -2.35. The number of hydrogen-bond acceptors (Lipinski definition) is 6. The van der Waals surface area contributed by atoms with Crippen LogP contribution in [0.2, 0.25) is 0 Å². The predicted molar refractivity (Wildman–Crippen MR) is 147 cm³/mol. The minimum atomic E-state index is -5.17. The number of alkyl halides is 6. The third-order valence-corrected chi connectivity index (χ3v) is 6.29. The van der Waals surface area contributed by atoms with Crippen LogP contribution in [0.3, 0.4) is 0 Å². The minimum Gasteiger partial charge on any atom is -0.444 e. The predicted octanol–water partition coefficient (Wildman–Crippen LogP) is 7.87. The highest BCUT2D eigenvalue weighted by Crippen LogP contribution is 2.39. The number of para-hydroxylation sites is 1. The number of aromatic nitrogens is 1. The van der Waals surface area contributed by atoms with E-state index < -0.39 is 52.7 Å². The van der Waals surface area contributed by atoms with Crippen molar-refractivity contribution < 1.29 is 49.8 Å². The molecule has 236 valence electrons. The van der Waals surface area contributed by atoms with Crippen molar-refractivity contribution in [3.05, 3.63) is 77.7 Å². The summed E-state index contributed by atoms with van der Waals surface area (Å²) >= 11 is 0. The summed E-state index contributed by atoms with van der Waals surface area (Å²) in [6.45, 7) is 6.55. The second kappa shape index (κ2) is 12.6. The Morgan fingerprint density at radius 3 is 2.36 bits per heavy atom. The fraction of sp³-hybridized carbons (Fsp3) is 0.367. The first kappa shape index (κ1) is 32.4. The molecule has 4 rings (SSSR count). The van der Waals surface area contributed by atoms with Gasteiger partial charge in [-0.2, -0.15) is 13.2 Å². The summed E-state index contributed by atoms with van der Waals surface area (Å²) in [6, 6.07) is 10.6. The normalized spacial score (nSPS) is 15.9. The Morgan fingerprint density at radius 1 is 1.05 bits per heavy atom. The molecular formula is C30H29F6N3O5. The molecule has 1 N–H and O–H groups in total. The molecule has 0 spiro atoms. The molecule has 1 fully saturated rings. The summed E-state index contributed by atoms with van der Waals surface area (Å²) in [6.07, 6.45) is -5.36. The first-order valence-corrected chi connectivity index (χ1v) is 13.5. The van der Waals surface area contributed by atoms with Gasteiger partial charge in [-0.1, -0.05) is 36.4 Å². The number of ether oxygens (including phenoxy) is 2. The van der Waals surface area contributed by atoms with Gasteiger partial charge in [0.15, 0.2) is 5.69 Å². The van der Waals surface area contributed by atoms with Crippen LogP contribution in [0.25, 0.3) is 11.5 Å². The number of allylic oxidation sites excluding steroid dienone is 1. The largest absolute Gasteiger partial charge is 0.573 e. The zero-order chi connectivity index (χ0) is 32.3. The van der Waals surface area contributed by atoms with Gasteiger partial charge in [0.2, 0.25) is 11.7 Å². The van der Waals surface area contributed by atoms with Gasteiger partial charge in [-0.05, 0) is 69.4 Å². The maximum atomic E-state index is 13.7. The van der Waals surface area contributed by atoms with E-state index >= 15 is 0 Å². The molecule has 3 aromatic rings. The van der Waals surface area contributed by atoms with Gasteiger partial charge in [-0.15, -0.1) is 13.2 Å². The lowest BCUT2D eigenvalue weighted by molar-refractivity contribution is -0.274. The van der Waals surface area contributed by atoms with Crippen molar-refractivity contribution in [3.8, 4) is 17.2 Å². The van der Waals surface area contributed by atoms with Crippen molar-refractivity contribution in [3.63, 3.8) is 0 Å². The van der Waals surface area contributed by atoms with E-state index in [0.717, 1.165) is 24.1 Å². The Balaban J connectivity index is 1.41. The second-order valence-corrected chi connectivity index (χ2v) is 11.0. The van der Waals surface area contributed by atoms with Crippen LogP contribution in [0.15, 0.2) is 65.1 Å².